The molecule has 0 saturated heterocycles. The van der Waals surface area contributed by atoms with Crippen LogP contribution in [0.15, 0.2) is 59.7 Å². The van der Waals surface area contributed by atoms with Gasteiger partial charge in [0.25, 0.3) is 0 Å². The Balaban J connectivity index is 1.51. The van der Waals surface area contributed by atoms with Crippen LogP contribution in [-0.4, -0.2) is 0 Å². The molecule has 0 fully saturated rings. The average molecular weight is 286 g/mol. The lowest BCUT2D eigenvalue weighted by molar-refractivity contribution is 0.576. The summed E-state index contributed by atoms with van der Waals surface area (Å²) in [5, 5.41) is 0. The van der Waals surface area contributed by atoms with Gasteiger partial charge < -0.3 is 0 Å². The van der Waals surface area contributed by atoms with Crippen LogP contribution in [0.25, 0.3) is 12.2 Å². The summed E-state index contributed by atoms with van der Waals surface area (Å²) in [5.74, 6) is 0.688. The minimum absolute atomic E-state index is 0.688. The van der Waals surface area contributed by atoms with Crippen LogP contribution in [0.1, 0.15) is 42.0 Å². The lowest BCUT2D eigenvalue weighted by Crippen LogP contribution is -2.05. The molecule has 0 spiro atoms. The zero-order valence-corrected chi connectivity index (χ0v) is 13.2. The smallest absolute Gasteiger partial charge is 0.00549 e. The van der Waals surface area contributed by atoms with E-state index in [9.17, 15) is 0 Å². The third-order valence-electron chi connectivity index (χ3n) is 5.15. The van der Waals surface area contributed by atoms with Crippen molar-refractivity contribution in [2.24, 2.45) is 5.92 Å². The number of fused-ring (bicyclic) bond motifs is 2. The first-order chi connectivity index (χ1) is 10.8. The first-order valence-corrected chi connectivity index (χ1v) is 8.39. The van der Waals surface area contributed by atoms with Gasteiger partial charge in [-0.25, -0.2) is 0 Å². The Labute approximate surface area is 133 Å². The maximum atomic E-state index is 2.44. The standard InChI is InChI=1S/C22H22/c1-2-17(22-14-20-9-5-6-10-21(20)15-22)11-16-12-18-7-3-4-8-19(18)13-16/h3-10,12,14,17H,2,11,13,15H2,1H3. The molecule has 2 aliphatic carbocycles. The van der Waals surface area contributed by atoms with Crippen molar-refractivity contribution in [1.82, 2.24) is 0 Å². The number of hydrogen-bond acceptors (Lipinski definition) is 0. The summed E-state index contributed by atoms with van der Waals surface area (Å²) in [5.41, 5.74) is 9.08. The van der Waals surface area contributed by atoms with Crippen molar-refractivity contribution in [3.05, 3.63) is 81.9 Å². The van der Waals surface area contributed by atoms with Crippen molar-refractivity contribution in [1.29, 1.82) is 0 Å². The Hall–Kier alpha value is -2.08. The van der Waals surface area contributed by atoms with E-state index in [0.717, 1.165) is 12.8 Å². The van der Waals surface area contributed by atoms with E-state index in [4.69, 9.17) is 0 Å². The summed E-state index contributed by atoms with van der Waals surface area (Å²) < 4.78 is 0. The van der Waals surface area contributed by atoms with Crippen LogP contribution in [0.5, 0.6) is 0 Å². The summed E-state index contributed by atoms with van der Waals surface area (Å²) in [4.78, 5) is 0. The van der Waals surface area contributed by atoms with Gasteiger partial charge in [0.05, 0.1) is 0 Å². The minimum atomic E-state index is 0.688. The summed E-state index contributed by atoms with van der Waals surface area (Å²) in [6.07, 6.45) is 9.59. The van der Waals surface area contributed by atoms with Gasteiger partial charge in [0, 0.05) is 0 Å². The molecule has 1 unspecified atom stereocenters. The lowest BCUT2D eigenvalue weighted by Gasteiger charge is -2.17. The van der Waals surface area contributed by atoms with Crippen molar-refractivity contribution < 1.29 is 0 Å². The van der Waals surface area contributed by atoms with E-state index < -0.39 is 0 Å². The van der Waals surface area contributed by atoms with Crippen molar-refractivity contribution in [2.75, 3.05) is 0 Å². The lowest BCUT2D eigenvalue weighted by atomic mass is 9.88. The molecule has 1 atom stereocenters. The molecule has 2 aliphatic rings. The fourth-order valence-electron chi connectivity index (χ4n) is 3.91. The Kier molecular flexibility index (Phi) is 3.46. The Morgan fingerprint density at radius 3 is 2.09 bits per heavy atom. The van der Waals surface area contributed by atoms with E-state index in [1.165, 1.54) is 35.1 Å². The third kappa shape index (κ3) is 2.43. The highest BCUT2D eigenvalue weighted by atomic mass is 14.3. The van der Waals surface area contributed by atoms with E-state index in [1.807, 2.05) is 0 Å². The van der Waals surface area contributed by atoms with Crippen LogP contribution in [0.2, 0.25) is 0 Å². The van der Waals surface area contributed by atoms with E-state index in [0.29, 0.717) is 5.92 Å². The van der Waals surface area contributed by atoms with Crippen LogP contribution in [0, 0.1) is 5.92 Å². The van der Waals surface area contributed by atoms with Gasteiger partial charge in [0.1, 0.15) is 0 Å². The maximum Gasteiger partial charge on any atom is -0.00549 e. The molecule has 0 heterocycles. The van der Waals surface area contributed by atoms with Gasteiger partial charge in [-0.1, -0.05) is 78.8 Å². The zero-order valence-electron chi connectivity index (χ0n) is 13.2. The van der Waals surface area contributed by atoms with Gasteiger partial charge in [0.15, 0.2) is 0 Å². The Bertz CT molecular complexity index is 761. The fraction of sp³-hybridized carbons (Fsp3) is 0.273. The molecule has 0 N–H and O–H groups in total. The number of rotatable bonds is 4. The van der Waals surface area contributed by atoms with Crippen molar-refractivity contribution in [3.8, 4) is 0 Å². The van der Waals surface area contributed by atoms with Crippen LogP contribution in [0.4, 0.5) is 0 Å². The molecule has 2 aromatic carbocycles. The number of hydrogen-bond donors (Lipinski definition) is 0. The molecule has 0 amide bonds. The van der Waals surface area contributed by atoms with Crippen LogP contribution in [-0.2, 0) is 12.8 Å². The topological polar surface area (TPSA) is 0 Å². The Morgan fingerprint density at radius 1 is 0.818 bits per heavy atom. The van der Waals surface area contributed by atoms with Crippen molar-refractivity contribution in [2.45, 2.75) is 32.6 Å². The van der Waals surface area contributed by atoms with Crippen LogP contribution < -0.4 is 0 Å². The highest BCUT2D eigenvalue weighted by Crippen LogP contribution is 2.36. The third-order valence-corrected chi connectivity index (χ3v) is 5.15. The molecule has 4 rings (SSSR count). The summed E-state index contributed by atoms with van der Waals surface area (Å²) >= 11 is 0. The van der Waals surface area contributed by atoms with Crippen LogP contribution >= 0.6 is 0 Å². The molecule has 0 nitrogen and oxygen atoms in total. The molecular weight excluding hydrogens is 264 g/mol. The van der Waals surface area contributed by atoms with Gasteiger partial charge in [-0.05, 0) is 53.9 Å². The largest absolute Gasteiger partial charge is 0.0648 e. The van der Waals surface area contributed by atoms with E-state index >= 15 is 0 Å². The summed E-state index contributed by atoms with van der Waals surface area (Å²) in [6, 6.07) is 17.6. The molecule has 0 radical (unpaired) electrons. The number of benzene rings is 2. The van der Waals surface area contributed by atoms with E-state index in [-0.39, 0.29) is 0 Å². The quantitative estimate of drug-likeness (QED) is 0.678. The SMILES string of the molecule is CCC(CC1=Cc2ccccc2C1)C1=Cc2ccccc2C1. The molecule has 0 heteroatoms. The van der Waals surface area contributed by atoms with E-state index in [1.54, 1.807) is 11.1 Å². The van der Waals surface area contributed by atoms with Gasteiger partial charge in [0.2, 0.25) is 0 Å². The normalized spacial score (nSPS) is 16.8. The monoisotopic (exact) mass is 286 g/mol. The zero-order chi connectivity index (χ0) is 14.9. The van der Waals surface area contributed by atoms with Gasteiger partial charge in [-0.2, -0.15) is 0 Å². The van der Waals surface area contributed by atoms with Gasteiger partial charge in [-0.15, -0.1) is 0 Å². The van der Waals surface area contributed by atoms with Crippen molar-refractivity contribution >= 4 is 12.2 Å². The molecule has 22 heavy (non-hydrogen) atoms. The second kappa shape index (κ2) is 5.61. The molecule has 110 valence electrons. The second-order valence-corrected chi connectivity index (χ2v) is 6.58. The predicted molar refractivity (Wildman–Crippen MR) is 94.6 cm³/mol. The molecule has 0 aliphatic heterocycles. The molecular formula is C22H22. The molecule has 0 saturated carbocycles. The predicted octanol–water partition coefficient (Wildman–Crippen LogP) is 5.68. The number of allylic oxidation sites excluding steroid dienone is 2. The van der Waals surface area contributed by atoms with Crippen molar-refractivity contribution in [3.63, 3.8) is 0 Å². The summed E-state index contributed by atoms with van der Waals surface area (Å²) in [6.45, 7) is 2.33. The van der Waals surface area contributed by atoms with Gasteiger partial charge in [-0.3, -0.25) is 0 Å². The maximum absolute atomic E-state index is 2.44. The highest BCUT2D eigenvalue weighted by molar-refractivity contribution is 5.66. The van der Waals surface area contributed by atoms with Gasteiger partial charge >= 0.3 is 0 Å². The fourth-order valence-corrected chi connectivity index (χ4v) is 3.91. The minimum Gasteiger partial charge on any atom is -0.0648 e. The second-order valence-electron chi connectivity index (χ2n) is 6.58. The van der Waals surface area contributed by atoms with E-state index in [2.05, 4.69) is 67.6 Å². The Morgan fingerprint density at radius 2 is 1.45 bits per heavy atom. The molecule has 0 aromatic heterocycles. The first-order valence-electron chi connectivity index (χ1n) is 8.39. The highest BCUT2D eigenvalue weighted by Gasteiger charge is 2.22. The summed E-state index contributed by atoms with van der Waals surface area (Å²) in [7, 11) is 0. The average Bonchev–Trinajstić information content (AvgIpc) is 3.15. The molecule has 2 aromatic rings. The molecule has 0 bridgehead atoms. The first kappa shape index (κ1) is 13.6. The van der Waals surface area contributed by atoms with Crippen LogP contribution in [0.3, 0.4) is 0 Å².